The first-order chi connectivity index (χ1) is 6.88. The SMILES string of the molecule is NCc1noc(CC2CCOCC2)n1. The largest absolute Gasteiger partial charge is 0.381 e. The molecule has 2 N–H and O–H groups in total. The molecule has 1 fully saturated rings. The predicted molar refractivity (Wildman–Crippen MR) is 49.4 cm³/mol. The van der Waals surface area contributed by atoms with E-state index in [4.69, 9.17) is 15.0 Å². The van der Waals surface area contributed by atoms with Gasteiger partial charge in [-0.3, -0.25) is 0 Å². The monoisotopic (exact) mass is 197 g/mol. The van der Waals surface area contributed by atoms with E-state index < -0.39 is 0 Å². The van der Waals surface area contributed by atoms with Crippen LogP contribution in [0.25, 0.3) is 0 Å². The molecule has 1 aromatic rings. The molecule has 0 aliphatic carbocycles. The molecular weight excluding hydrogens is 182 g/mol. The van der Waals surface area contributed by atoms with Crippen LogP contribution in [0.2, 0.25) is 0 Å². The number of hydrogen-bond acceptors (Lipinski definition) is 5. The van der Waals surface area contributed by atoms with Crippen LogP contribution in [0, 0.1) is 5.92 Å². The summed E-state index contributed by atoms with van der Waals surface area (Å²) in [5.74, 6) is 1.92. The van der Waals surface area contributed by atoms with Crippen LogP contribution < -0.4 is 5.73 Å². The van der Waals surface area contributed by atoms with Gasteiger partial charge in [-0.1, -0.05) is 5.16 Å². The van der Waals surface area contributed by atoms with Crippen LogP contribution in [0.1, 0.15) is 24.6 Å². The van der Waals surface area contributed by atoms with Gasteiger partial charge in [0.1, 0.15) is 0 Å². The van der Waals surface area contributed by atoms with Crippen LogP contribution in [0.4, 0.5) is 0 Å². The van der Waals surface area contributed by atoms with E-state index in [2.05, 4.69) is 10.1 Å². The van der Waals surface area contributed by atoms with Gasteiger partial charge in [0.05, 0.1) is 6.54 Å². The second kappa shape index (κ2) is 4.52. The highest BCUT2D eigenvalue weighted by atomic mass is 16.5. The molecule has 5 heteroatoms. The quantitative estimate of drug-likeness (QED) is 0.763. The summed E-state index contributed by atoms with van der Waals surface area (Å²) < 4.78 is 10.4. The van der Waals surface area contributed by atoms with Gasteiger partial charge in [-0.15, -0.1) is 0 Å². The highest BCUT2D eigenvalue weighted by molar-refractivity contribution is 4.87. The maximum atomic E-state index is 5.39. The molecule has 0 radical (unpaired) electrons. The second-order valence-electron chi connectivity index (χ2n) is 3.57. The molecule has 0 unspecified atom stereocenters. The molecule has 0 atom stereocenters. The molecule has 5 nitrogen and oxygen atoms in total. The van der Waals surface area contributed by atoms with Crippen LogP contribution >= 0.6 is 0 Å². The highest BCUT2D eigenvalue weighted by Crippen LogP contribution is 2.18. The van der Waals surface area contributed by atoms with E-state index in [0.29, 0.717) is 24.2 Å². The van der Waals surface area contributed by atoms with E-state index in [-0.39, 0.29) is 0 Å². The fourth-order valence-corrected chi connectivity index (χ4v) is 1.65. The van der Waals surface area contributed by atoms with E-state index in [0.717, 1.165) is 32.5 Å². The molecule has 2 rings (SSSR count). The van der Waals surface area contributed by atoms with Crippen LogP contribution in [0.15, 0.2) is 4.52 Å². The lowest BCUT2D eigenvalue weighted by molar-refractivity contribution is 0.0642. The summed E-state index contributed by atoms with van der Waals surface area (Å²) in [4.78, 5) is 4.18. The molecule has 14 heavy (non-hydrogen) atoms. The summed E-state index contributed by atoms with van der Waals surface area (Å²) in [5.41, 5.74) is 5.39. The number of nitrogens with zero attached hydrogens (tertiary/aromatic N) is 2. The first-order valence-electron chi connectivity index (χ1n) is 4.97. The van der Waals surface area contributed by atoms with Gasteiger partial charge >= 0.3 is 0 Å². The number of rotatable bonds is 3. The summed E-state index contributed by atoms with van der Waals surface area (Å²) in [6, 6.07) is 0. The van der Waals surface area contributed by atoms with Crippen molar-refractivity contribution in [3.63, 3.8) is 0 Å². The average Bonchev–Trinajstić information content (AvgIpc) is 2.67. The summed E-state index contributed by atoms with van der Waals surface area (Å²) >= 11 is 0. The van der Waals surface area contributed by atoms with Crippen molar-refractivity contribution in [1.82, 2.24) is 10.1 Å². The zero-order chi connectivity index (χ0) is 9.80. The van der Waals surface area contributed by atoms with Gasteiger partial charge in [-0.2, -0.15) is 4.98 Å². The lowest BCUT2D eigenvalue weighted by Gasteiger charge is -2.19. The Bertz CT molecular complexity index is 281. The minimum absolute atomic E-state index is 0.345. The molecule has 78 valence electrons. The van der Waals surface area contributed by atoms with Gasteiger partial charge < -0.3 is 15.0 Å². The predicted octanol–water partition coefficient (Wildman–Crippen LogP) is 0.497. The standard InChI is InChI=1S/C9H15N3O2/c10-6-8-11-9(14-12-8)5-7-1-3-13-4-2-7/h7H,1-6,10H2. The smallest absolute Gasteiger partial charge is 0.226 e. The Morgan fingerprint density at radius 3 is 2.79 bits per heavy atom. The molecule has 0 bridgehead atoms. The third-order valence-corrected chi connectivity index (χ3v) is 2.50. The normalized spacial score (nSPS) is 18.6. The number of aromatic nitrogens is 2. The van der Waals surface area contributed by atoms with Crippen LogP contribution in [-0.4, -0.2) is 23.4 Å². The van der Waals surface area contributed by atoms with Crippen molar-refractivity contribution in [3.8, 4) is 0 Å². The zero-order valence-corrected chi connectivity index (χ0v) is 8.11. The summed E-state index contributed by atoms with van der Waals surface area (Å²) in [6.07, 6.45) is 3.02. The zero-order valence-electron chi connectivity index (χ0n) is 8.11. The molecule has 2 heterocycles. The van der Waals surface area contributed by atoms with E-state index in [1.807, 2.05) is 0 Å². The Hall–Kier alpha value is -0.940. The van der Waals surface area contributed by atoms with Gasteiger partial charge in [-0.05, 0) is 18.8 Å². The molecule has 0 amide bonds. The van der Waals surface area contributed by atoms with Crippen molar-refractivity contribution in [2.45, 2.75) is 25.8 Å². The molecule has 1 aliphatic rings. The summed E-state index contributed by atoms with van der Waals surface area (Å²) in [5, 5.41) is 3.76. The maximum absolute atomic E-state index is 5.39. The molecular formula is C9H15N3O2. The van der Waals surface area contributed by atoms with Crippen LogP contribution in [0.5, 0.6) is 0 Å². The first kappa shape index (κ1) is 9.61. The topological polar surface area (TPSA) is 74.2 Å². The second-order valence-corrected chi connectivity index (χ2v) is 3.57. The van der Waals surface area contributed by atoms with Crippen molar-refractivity contribution < 1.29 is 9.26 Å². The lowest BCUT2D eigenvalue weighted by atomic mass is 9.97. The highest BCUT2D eigenvalue weighted by Gasteiger charge is 2.17. The van der Waals surface area contributed by atoms with Crippen LogP contribution in [-0.2, 0) is 17.7 Å². The van der Waals surface area contributed by atoms with Gasteiger partial charge in [0, 0.05) is 19.6 Å². The Morgan fingerprint density at radius 2 is 2.14 bits per heavy atom. The summed E-state index contributed by atoms with van der Waals surface area (Å²) in [7, 11) is 0. The number of ether oxygens (including phenoxy) is 1. The Morgan fingerprint density at radius 1 is 1.36 bits per heavy atom. The first-order valence-corrected chi connectivity index (χ1v) is 4.97. The van der Waals surface area contributed by atoms with E-state index in [1.165, 1.54) is 0 Å². The fourth-order valence-electron chi connectivity index (χ4n) is 1.65. The minimum atomic E-state index is 0.345. The number of nitrogens with two attached hydrogens (primary N) is 1. The fraction of sp³-hybridized carbons (Fsp3) is 0.778. The lowest BCUT2D eigenvalue weighted by Crippen LogP contribution is -2.17. The average molecular weight is 197 g/mol. The molecule has 0 saturated carbocycles. The third-order valence-electron chi connectivity index (χ3n) is 2.50. The Balaban J connectivity index is 1.89. The Labute approximate surface area is 82.6 Å². The molecule has 0 aromatic carbocycles. The molecule has 1 saturated heterocycles. The van der Waals surface area contributed by atoms with Crippen molar-refractivity contribution in [2.24, 2.45) is 11.7 Å². The molecule has 1 aromatic heterocycles. The minimum Gasteiger partial charge on any atom is -0.381 e. The van der Waals surface area contributed by atoms with Crippen molar-refractivity contribution in [1.29, 1.82) is 0 Å². The van der Waals surface area contributed by atoms with E-state index >= 15 is 0 Å². The van der Waals surface area contributed by atoms with Gasteiger partial charge in [0.2, 0.25) is 5.89 Å². The van der Waals surface area contributed by atoms with Gasteiger partial charge in [0.25, 0.3) is 0 Å². The Kier molecular flexibility index (Phi) is 3.10. The van der Waals surface area contributed by atoms with Crippen molar-refractivity contribution in [3.05, 3.63) is 11.7 Å². The number of hydrogen-bond donors (Lipinski definition) is 1. The maximum Gasteiger partial charge on any atom is 0.226 e. The van der Waals surface area contributed by atoms with Gasteiger partial charge in [0.15, 0.2) is 5.82 Å². The molecule has 1 aliphatic heterocycles. The summed E-state index contributed by atoms with van der Waals surface area (Å²) in [6.45, 7) is 2.04. The third kappa shape index (κ3) is 2.30. The van der Waals surface area contributed by atoms with Crippen molar-refractivity contribution in [2.75, 3.05) is 13.2 Å². The van der Waals surface area contributed by atoms with E-state index in [1.54, 1.807) is 0 Å². The van der Waals surface area contributed by atoms with Crippen molar-refractivity contribution >= 4 is 0 Å². The molecule has 0 spiro atoms. The van der Waals surface area contributed by atoms with Crippen LogP contribution in [0.3, 0.4) is 0 Å². The van der Waals surface area contributed by atoms with E-state index in [9.17, 15) is 0 Å². The van der Waals surface area contributed by atoms with Gasteiger partial charge in [-0.25, -0.2) is 0 Å².